The van der Waals surface area contributed by atoms with Crippen LogP contribution in [0.1, 0.15) is 28.8 Å². The summed E-state index contributed by atoms with van der Waals surface area (Å²) >= 11 is 1.23. The topological polar surface area (TPSA) is 92.7 Å². The predicted octanol–water partition coefficient (Wildman–Crippen LogP) is 1.08. The summed E-state index contributed by atoms with van der Waals surface area (Å²) in [6.45, 7) is 3.20. The first kappa shape index (κ1) is 13.3. The van der Waals surface area contributed by atoms with Crippen molar-refractivity contribution in [2.24, 2.45) is 0 Å². The van der Waals surface area contributed by atoms with Gasteiger partial charge in [-0.15, -0.1) is 10.2 Å². The maximum atomic E-state index is 11.8. The molecule has 0 aliphatic carbocycles. The van der Waals surface area contributed by atoms with Crippen molar-refractivity contribution in [3.05, 3.63) is 29.0 Å². The first-order chi connectivity index (χ1) is 9.29. The quantitative estimate of drug-likeness (QED) is 0.821. The number of carbonyl (C=O) groups excluding carboxylic acids is 1. The molecule has 0 saturated heterocycles. The summed E-state index contributed by atoms with van der Waals surface area (Å²) in [4.78, 5) is 11.8. The second kappa shape index (κ2) is 6.74. The Morgan fingerprint density at radius 1 is 1.37 bits per heavy atom. The molecule has 2 heterocycles. The Kier molecular flexibility index (Phi) is 4.73. The molecule has 100 valence electrons. The van der Waals surface area contributed by atoms with E-state index in [0.717, 1.165) is 13.0 Å². The summed E-state index contributed by atoms with van der Waals surface area (Å²) in [7, 11) is 0. The molecule has 0 radical (unpaired) electrons. The second-order valence-electron chi connectivity index (χ2n) is 3.74. The van der Waals surface area contributed by atoms with Gasteiger partial charge in [0.05, 0.1) is 12.2 Å². The van der Waals surface area contributed by atoms with Crippen molar-refractivity contribution >= 4 is 22.4 Å². The molecule has 0 spiro atoms. The van der Waals surface area contributed by atoms with Crippen molar-refractivity contribution < 1.29 is 4.79 Å². The molecule has 2 rings (SSSR count). The van der Waals surface area contributed by atoms with Crippen LogP contribution in [0.3, 0.4) is 0 Å². The molecule has 7 nitrogen and oxygen atoms in total. The monoisotopic (exact) mass is 278 g/mol. The molecule has 8 heteroatoms. The Balaban J connectivity index is 1.87. The summed E-state index contributed by atoms with van der Waals surface area (Å²) in [6, 6.07) is 3.56. The lowest BCUT2D eigenvalue weighted by Gasteiger charge is -2.00. The Morgan fingerprint density at radius 2 is 2.26 bits per heavy atom. The van der Waals surface area contributed by atoms with E-state index in [9.17, 15) is 4.79 Å². The van der Waals surface area contributed by atoms with Gasteiger partial charge in [0.1, 0.15) is 0 Å². The van der Waals surface area contributed by atoms with Crippen LogP contribution in [-0.4, -0.2) is 32.8 Å². The SMILES string of the molecule is CCCNc1nnc(C(=O)NCc2cccnn2)s1. The Bertz CT molecular complexity index is 529. The molecule has 0 saturated carbocycles. The van der Waals surface area contributed by atoms with E-state index in [4.69, 9.17) is 0 Å². The van der Waals surface area contributed by atoms with Gasteiger partial charge in [-0.3, -0.25) is 4.79 Å². The average Bonchev–Trinajstić information content (AvgIpc) is 2.92. The molecule has 19 heavy (non-hydrogen) atoms. The molecular weight excluding hydrogens is 264 g/mol. The van der Waals surface area contributed by atoms with Crippen LogP contribution in [0.2, 0.25) is 0 Å². The predicted molar refractivity (Wildman–Crippen MR) is 71.9 cm³/mol. The first-order valence-electron chi connectivity index (χ1n) is 5.91. The maximum absolute atomic E-state index is 11.8. The van der Waals surface area contributed by atoms with E-state index < -0.39 is 0 Å². The molecule has 0 aliphatic rings. The zero-order valence-electron chi connectivity index (χ0n) is 10.5. The highest BCUT2D eigenvalue weighted by atomic mass is 32.1. The van der Waals surface area contributed by atoms with Crippen molar-refractivity contribution in [3.63, 3.8) is 0 Å². The minimum atomic E-state index is -0.257. The number of carbonyl (C=O) groups is 1. The number of nitrogens with zero attached hydrogens (tertiary/aromatic N) is 4. The molecule has 0 fully saturated rings. The van der Waals surface area contributed by atoms with E-state index in [2.05, 4.69) is 38.0 Å². The van der Waals surface area contributed by atoms with Gasteiger partial charge in [0, 0.05) is 12.7 Å². The molecule has 0 atom stereocenters. The molecule has 0 bridgehead atoms. The Labute approximate surface area is 114 Å². The molecular formula is C11H14N6OS. The lowest BCUT2D eigenvalue weighted by molar-refractivity contribution is 0.0949. The fraction of sp³-hybridized carbons (Fsp3) is 0.364. The summed E-state index contributed by atoms with van der Waals surface area (Å²) in [5.41, 5.74) is 0.699. The molecule has 0 aromatic carbocycles. The number of nitrogens with one attached hydrogen (secondary N) is 2. The van der Waals surface area contributed by atoms with E-state index in [1.54, 1.807) is 18.3 Å². The summed E-state index contributed by atoms with van der Waals surface area (Å²) in [6.07, 6.45) is 2.58. The van der Waals surface area contributed by atoms with Crippen LogP contribution in [0.15, 0.2) is 18.3 Å². The molecule has 2 aromatic heterocycles. The van der Waals surface area contributed by atoms with Gasteiger partial charge in [-0.2, -0.15) is 10.2 Å². The fourth-order valence-electron chi connectivity index (χ4n) is 1.29. The van der Waals surface area contributed by atoms with Crippen LogP contribution < -0.4 is 10.6 Å². The smallest absolute Gasteiger partial charge is 0.282 e. The van der Waals surface area contributed by atoms with E-state index >= 15 is 0 Å². The van der Waals surface area contributed by atoms with Gasteiger partial charge in [-0.25, -0.2) is 0 Å². The molecule has 0 aliphatic heterocycles. The van der Waals surface area contributed by atoms with Crippen molar-refractivity contribution in [2.75, 3.05) is 11.9 Å². The highest BCUT2D eigenvalue weighted by Gasteiger charge is 2.12. The third-order valence-corrected chi connectivity index (χ3v) is 3.08. The number of amides is 1. The summed E-state index contributed by atoms with van der Waals surface area (Å²) in [5, 5.41) is 22.2. The van der Waals surface area contributed by atoms with Gasteiger partial charge in [-0.05, 0) is 18.6 Å². The van der Waals surface area contributed by atoms with Crippen LogP contribution in [0.5, 0.6) is 0 Å². The number of hydrogen-bond donors (Lipinski definition) is 2. The third-order valence-electron chi connectivity index (χ3n) is 2.20. The van der Waals surface area contributed by atoms with Crippen LogP contribution in [0, 0.1) is 0 Å². The Hall–Kier alpha value is -2.09. The number of rotatable bonds is 6. The van der Waals surface area contributed by atoms with E-state index in [1.165, 1.54) is 11.3 Å². The summed E-state index contributed by atoms with van der Waals surface area (Å²) in [5.74, 6) is -0.257. The zero-order chi connectivity index (χ0) is 13.5. The molecule has 1 amide bonds. The van der Waals surface area contributed by atoms with Crippen molar-refractivity contribution in [3.8, 4) is 0 Å². The standard InChI is InChI=1S/C11H14N6OS/c1-2-5-12-11-17-16-10(19-11)9(18)13-7-8-4-3-6-14-15-8/h3-4,6H,2,5,7H2,1H3,(H,12,17)(H,13,18). The van der Waals surface area contributed by atoms with Crippen LogP contribution >= 0.6 is 11.3 Å². The van der Waals surface area contributed by atoms with Gasteiger partial charge in [0.25, 0.3) is 5.91 Å². The summed E-state index contributed by atoms with van der Waals surface area (Å²) < 4.78 is 0. The van der Waals surface area contributed by atoms with Gasteiger partial charge in [-0.1, -0.05) is 18.3 Å². The normalized spacial score (nSPS) is 10.2. The first-order valence-corrected chi connectivity index (χ1v) is 6.73. The molecule has 2 N–H and O–H groups in total. The Morgan fingerprint density at radius 3 is 3.00 bits per heavy atom. The highest BCUT2D eigenvalue weighted by Crippen LogP contribution is 2.14. The van der Waals surface area contributed by atoms with E-state index in [0.29, 0.717) is 22.4 Å². The number of anilines is 1. The minimum Gasteiger partial charge on any atom is -0.360 e. The lowest BCUT2D eigenvalue weighted by atomic mass is 10.4. The van der Waals surface area contributed by atoms with Gasteiger partial charge >= 0.3 is 0 Å². The van der Waals surface area contributed by atoms with Crippen LogP contribution in [0.25, 0.3) is 0 Å². The highest BCUT2D eigenvalue weighted by molar-refractivity contribution is 7.17. The second-order valence-corrected chi connectivity index (χ2v) is 4.71. The minimum absolute atomic E-state index is 0.257. The van der Waals surface area contributed by atoms with Gasteiger partial charge < -0.3 is 10.6 Å². The van der Waals surface area contributed by atoms with Gasteiger partial charge in [0.15, 0.2) is 0 Å². The zero-order valence-corrected chi connectivity index (χ0v) is 11.3. The average molecular weight is 278 g/mol. The fourth-order valence-corrected chi connectivity index (χ4v) is 1.98. The molecule has 2 aromatic rings. The third kappa shape index (κ3) is 3.95. The van der Waals surface area contributed by atoms with Crippen LogP contribution in [-0.2, 0) is 6.54 Å². The van der Waals surface area contributed by atoms with Crippen molar-refractivity contribution in [2.45, 2.75) is 19.9 Å². The number of hydrogen-bond acceptors (Lipinski definition) is 7. The van der Waals surface area contributed by atoms with Crippen LogP contribution in [0.4, 0.5) is 5.13 Å². The lowest BCUT2D eigenvalue weighted by Crippen LogP contribution is -2.23. The maximum Gasteiger partial charge on any atom is 0.282 e. The van der Waals surface area contributed by atoms with E-state index in [-0.39, 0.29) is 5.91 Å². The van der Waals surface area contributed by atoms with Gasteiger partial charge in [0.2, 0.25) is 10.1 Å². The van der Waals surface area contributed by atoms with E-state index in [1.807, 2.05) is 0 Å². The molecule has 0 unspecified atom stereocenters. The largest absolute Gasteiger partial charge is 0.360 e. The van der Waals surface area contributed by atoms with Crippen molar-refractivity contribution in [1.29, 1.82) is 0 Å². The number of aromatic nitrogens is 4. The van der Waals surface area contributed by atoms with Crippen molar-refractivity contribution in [1.82, 2.24) is 25.7 Å².